The summed E-state index contributed by atoms with van der Waals surface area (Å²) in [4.78, 5) is 40.3. The van der Waals surface area contributed by atoms with E-state index in [9.17, 15) is 18.8 Å². The maximum atomic E-state index is 13.6. The summed E-state index contributed by atoms with van der Waals surface area (Å²) < 4.78 is 24.9. The molecule has 164 valence electrons. The minimum Gasteiger partial charge on any atom is -0.465 e. The lowest BCUT2D eigenvalue weighted by atomic mass is 9.97. The molecule has 5 rings (SSSR count). The van der Waals surface area contributed by atoms with Gasteiger partial charge in [0.2, 0.25) is 5.76 Å². The van der Waals surface area contributed by atoms with Crippen molar-refractivity contribution in [2.24, 2.45) is 0 Å². The third-order valence-corrected chi connectivity index (χ3v) is 6.08. The molecule has 3 aromatic carbocycles. The summed E-state index contributed by atoms with van der Waals surface area (Å²) in [6.45, 7) is 0. The number of halogens is 2. The van der Waals surface area contributed by atoms with Crippen LogP contribution in [0, 0.1) is 5.82 Å². The number of anilines is 1. The zero-order valence-corrected chi connectivity index (χ0v) is 18.8. The predicted octanol–water partition coefficient (Wildman–Crippen LogP) is 5.23. The quantitative estimate of drug-likeness (QED) is 0.355. The molecular formula is C25H15BrFNO5. The highest BCUT2D eigenvalue weighted by molar-refractivity contribution is 9.10. The summed E-state index contributed by atoms with van der Waals surface area (Å²) in [5, 5.41) is 0.327. The summed E-state index contributed by atoms with van der Waals surface area (Å²) in [5.74, 6) is -1.54. The van der Waals surface area contributed by atoms with Crippen molar-refractivity contribution >= 4 is 44.5 Å². The molecule has 0 radical (unpaired) electrons. The third kappa shape index (κ3) is 3.43. The van der Waals surface area contributed by atoms with Crippen molar-refractivity contribution in [3.05, 3.63) is 110 Å². The third-order valence-electron chi connectivity index (χ3n) is 5.58. The molecule has 0 aliphatic carbocycles. The number of carbonyl (C=O) groups is 2. The van der Waals surface area contributed by atoms with Crippen LogP contribution < -0.4 is 10.3 Å². The second-order valence-corrected chi connectivity index (χ2v) is 8.40. The minimum absolute atomic E-state index is 0.0683. The summed E-state index contributed by atoms with van der Waals surface area (Å²) in [6.07, 6.45) is 0. The Morgan fingerprint density at radius 3 is 2.39 bits per heavy atom. The van der Waals surface area contributed by atoms with Crippen molar-refractivity contribution in [3.8, 4) is 0 Å². The number of ether oxygens (including phenoxy) is 1. The van der Waals surface area contributed by atoms with E-state index in [-0.39, 0.29) is 22.3 Å². The molecule has 0 bridgehead atoms. The van der Waals surface area contributed by atoms with Gasteiger partial charge in [-0.05, 0) is 60.2 Å². The Labute approximate surface area is 195 Å². The average Bonchev–Trinajstić information content (AvgIpc) is 3.12. The van der Waals surface area contributed by atoms with Crippen LogP contribution in [0.4, 0.5) is 10.1 Å². The van der Waals surface area contributed by atoms with E-state index in [4.69, 9.17) is 9.15 Å². The van der Waals surface area contributed by atoms with E-state index < -0.39 is 23.7 Å². The van der Waals surface area contributed by atoms with E-state index in [0.717, 1.165) is 0 Å². The Bertz CT molecular complexity index is 1480. The molecule has 6 nitrogen and oxygen atoms in total. The van der Waals surface area contributed by atoms with Gasteiger partial charge in [-0.1, -0.05) is 28.1 Å². The summed E-state index contributed by atoms with van der Waals surface area (Å²) >= 11 is 3.37. The van der Waals surface area contributed by atoms with Crippen LogP contribution in [0.1, 0.15) is 38.1 Å². The average molecular weight is 508 g/mol. The highest BCUT2D eigenvalue weighted by Crippen LogP contribution is 2.41. The zero-order valence-electron chi connectivity index (χ0n) is 17.2. The monoisotopic (exact) mass is 507 g/mol. The molecule has 33 heavy (non-hydrogen) atoms. The fourth-order valence-corrected chi connectivity index (χ4v) is 4.41. The van der Waals surface area contributed by atoms with Gasteiger partial charge in [-0.25, -0.2) is 9.18 Å². The van der Waals surface area contributed by atoms with Crippen molar-refractivity contribution in [2.45, 2.75) is 6.04 Å². The van der Waals surface area contributed by atoms with Crippen LogP contribution in [0.25, 0.3) is 11.0 Å². The Morgan fingerprint density at radius 2 is 1.73 bits per heavy atom. The maximum absolute atomic E-state index is 13.6. The molecule has 0 saturated heterocycles. The maximum Gasteiger partial charge on any atom is 0.337 e. The van der Waals surface area contributed by atoms with Crippen LogP contribution in [0.3, 0.4) is 0 Å². The molecule has 0 fully saturated rings. The lowest BCUT2D eigenvalue weighted by Gasteiger charge is -2.25. The first-order chi connectivity index (χ1) is 15.9. The molecule has 4 aromatic rings. The molecule has 1 unspecified atom stereocenters. The van der Waals surface area contributed by atoms with E-state index >= 15 is 0 Å². The zero-order chi connectivity index (χ0) is 23.3. The number of fused-ring (bicyclic) bond motifs is 2. The van der Waals surface area contributed by atoms with Crippen LogP contribution in [0.15, 0.2) is 80.4 Å². The summed E-state index contributed by atoms with van der Waals surface area (Å²) in [6, 6.07) is 16.0. The molecular weight excluding hydrogens is 493 g/mol. The van der Waals surface area contributed by atoms with Gasteiger partial charge in [-0.15, -0.1) is 0 Å². The van der Waals surface area contributed by atoms with Crippen molar-refractivity contribution in [1.82, 2.24) is 0 Å². The van der Waals surface area contributed by atoms with Crippen LogP contribution >= 0.6 is 15.9 Å². The van der Waals surface area contributed by atoms with Gasteiger partial charge in [0.15, 0.2) is 5.43 Å². The SMILES string of the molecule is COC(=O)c1ccc(C2c3c(oc4ccc(Br)cc4c3=O)C(=O)N2c2ccc(F)cc2)cc1. The van der Waals surface area contributed by atoms with Crippen molar-refractivity contribution in [3.63, 3.8) is 0 Å². The van der Waals surface area contributed by atoms with Gasteiger partial charge < -0.3 is 9.15 Å². The van der Waals surface area contributed by atoms with Crippen LogP contribution in [0.2, 0.25) is 0 Å². The van der Waals surface area contributed by atoms with Crippen LogP contribution in [-0.4, -0.2) is 19.0 Å². The van der Waals surface area contributed by atoms with E-state index in [2.05, 4.69) is 15.9 Å². The largest absolute Gasteiger partial charge is 0.465 e. The first-order valence-corrected chi connectivity index (χ1v) is 10.7. The number of amides is 1. The Hall–Kier alpha value is -3.78. The first-order valence-electron chi connectivity index (χ1n) is 9.92. The molecule has 0 spiro atoms. The van der Waals surface area contributed by atoms with Crippen molar-refractivity contribution in [2.75, 3.05) is 12.0 Å². The second kappa shape index (κ2) is 7.97. The van der Waals surface area contributed by atoms with Crippen molar-refractivity contribution in [1.29, 1.82) is 0 Å². The Morgan fingerprint density at radius 1 is 1.03 bits per heavy atom. The number of methoxy groups -OCH3 is 1. The summed E-state index contributed by atoms with van der Waals surface area (Å²) in [5.41, 5.74) is 1.44. The van der Waals surface area contributed by atoms with E-state index in [1.165, 1.54) is 36.3 Å². The van der Waals surface area contributed by atoms with Gasteiger partial charge in [-0.2, -0.15) is 0 Å². The lowest BCUT2D eigenvalue weighted by Crippen LogP contribution is -2.29. The lowest BCUT2D eigenvalue weighted by molar-refractivity contribution is 0.0600. The normalized spacial score (nSPS) is 15.1. The number of carbonyl (C=O) groups excluding carboxylic acids is 2. The smallest absolute Gasteiger partial charge is 0.337 e. The minimum atomic E-state index is -0.829. The number of benzene rings is 3. The van der Waals surface area contributed by atoms with Crippen LogP contribution in [0.5, 0.6) is 0 Å². The highest BCUT2D eigenvalue weighted by Gasteiger charge is 2.43. The van der Waals surface area contributed by atoms with Crippen LogP contribution in [-0.2, 0) is 4.74 Å². The molecule has 2 heterocycles. The number of esters is 1. The number of hydrogen-bond donors (Lipinski definition) is 0. The Kier molecular flexibility index (Phi) is 5.09. The van der Waals surface area contributed by atoms with Gasteiger partial charge in [0.1, 0.15) is 11.4 Å². The van der Waals surface area contributed by atoms with E-state index in [0.29, 0.717) is 26.7 Å². The first kappa shape index (κ1) is 21.1. The highest BCUT2D eigenvalue weighted by atomic mass is 79.9. The Balaban J connectivity index is 1.76. The number of hydrogen-bond acceptors (Lipinski definition) is 5. The molecule has 1 aromatic heterocycles. The van der Waals surface area contributed by atoms with Gasteiger partial charge in [0.25, 0.3) is 5.91 Å². The molecule has 0 N–H and O–H groups in total. The van der Waals surface area contributed by atoms with Gasteiger partial charge in [0, 0.05) is 10.2 Å². The van der Waals surface area contributed by atoms with Gasteiger partial charge >= 0.3 is 5.97 Å². The second-order valence-electron chi connectivity index (χ2n) is 7.48. The summed E-state index contributed by atoms with van der Waals surface area (Å²) in [7, 11) is 1.28. The fraction of sp³-hybridized carbons (Fsp3) is 0.0800. The molecule has 1 atom stereocenters. The molecule has 0 saturated carbocycles. The topological polar surface area (TPSA) is 76.8 Å². The predicted molar refractivity (Wildman–Crippen MR) is 123 cm³/mol. The fourth-order valence-electron chi connectivity index (χ4n) is 4.05. The van der Waals surface area contributed by atoms with Gasteiger partial charge in [-0.3, -0.25) is 14.5 Å². The molecule has 1 aliphatic rings. The molecule has 1 aliphatic heterocycles. The van der Waals surface area contributed by atoms with E-state index in [1.807, 2.05) is 0 Å². The number of rotatable bonds is 3. The number of nitrogens with zero attached hydrogens (tertiary/aromatic N) is 1. The van der Waals surface area contributed by atoms with Crippen molar-refractivity contribution < 1.29 is 23.1 Å². The van der Waals surface area contributed by atoms with Gasteiger partial charge in [0.05, 0.1) is 29.7 Å². The molecule has 8 heteroatoms. The van der Waals surface area contributed by atoms with E-state index in [1.54, 1.807) is 42.5 Å². The molecule has 1 amide bonds. The standard InChI is InChI=1S/C25H15BrFNO5/c1-32-25(31)14-4-2-13(3-5-14)21-20-22(29)18-12-15(26)6-11-19(18)33-23(20)24(30)28(21)17-9-7-16(27)8-10-17/h2-12,21H,1H3.